The second-order valence-corrected chi connectivity index (χ2v) is 7.73. The molecule has 0 aromatic carbocycles. The van der Waals surface area contributed by atoms with Crippen molar-refractivity contribution in [2.75, 3.05) is 37.6 Å². The van der Waals surface area contributed by atoms with Crippen LogP contribution in [-0.4, -0.2) is 59.2 Å². The number of hydrogen-bond donors (Lipinski definition) is 0. The lowest BCUT2D eigenvalue weighted by Gasteiger charge is -2.35. The first-order chi connectivity index (χ1) is 11.1. The van der Waals surface area contributed by atoms with Crippen LogP contribution in [0.25, 0.3) is 0 Å². The van der Waals surface area contributed by atoms with E-state index in [4.69, 9.17) is 9.72 Å². The Bertz CT molecular complexity index is 573. The zero-order valence-corrected chi connectivity index (χ0v) is 15.8. The number of rotatable bonds is 4. The predicted molar refractivity (Wildman–Crippen MR) is 95.4 cm³/mol. The highest BCUT2D eigenvalue weighted by atomic mass is 16.6. The summed E-state index contributed by atoms with van der Waals surface area (Å²) in [6, 6.07) is 2.04. The molecule has 0 aliphatic carbocycles. The van der Waals surface area contributed by atoms with E-state index in [0.29, 0.717) is 12.5 Å². The summed E-state index contributed by atoms with van der Waals surface area (Å²) in [7, 11) is 0. The number of esters is 1. The van der Waals surface area contributed by atoms with Gasteiger partial charge in [-0.2, -0.15) is 0 Å². The summed E-state index contributed by atoms with van der Waals surface area (Å²) in [6.07, 6.45) is 0. The number of carbonyl (C=O) groups excluding carboxylic acids is 1. The Hall–Kier alpha value is -1.69. The highest BCUT2D eigenvalue weighted by molar-refractivity contribution is 5.72. The Morgan fingerprint density at radius 1 is 1.21 bits per heavy atom. The molecule has 1 aromatic heterocycles. The third-order valence-corrected chi connectivity index (χ3v) is 3.84. The van der Waals surface area contributed by atoms with Crippen molar-refractivity contribution in [1.29, 1.82) is 0 Å². The molecule has 0 unspecified atom stereocenters. The van der Waals surface area contributed by atoms with Crippen molar-refractivity contribution in [2.45, 2.75) is 53.1 Å². The first-order valence-corrected chi connectivity index (χ1v) is 8.69. The molecule has 0 radical (unpaired) electrons. The molecule has 6 nitrogen and oxygen atoms in total. The van der Waals surface area contributed by atoms with Gasteiger partial charge in [0.1, 0.15) is 17.2 Å². The van der Waals surface area contributed by atoms with Gasteiger partial charge >= 0.3 is 5.97 Å². The molecule has 2 rings (SSSR count). The topological polar surface area (TPSA) is 58.6 Å². The molecule has 0 atom stereocenters. The van der Waals surface area contributed by atoms with Crippen LogP contribution in [0.15, 0.2) is 6.07 Å². The van der Waals surface area contributed by atoms with E-state index in [1.165, 1.54) is 0 Å². The molecule has 24 heavy (non-hydrogen) atoms. The standard InChI is InChI=1S/C18H30N4O2/c1-13(2)17-19-14(3)11-15(20-17)22-9-7-21(8-10-22)12-16(23)24-18(4,5)6/h11,13H,7-10,12H2,1-6H3. The van der Waals surface area contributed by atoms with Crippen LogP contribution in [0.4, 0.5) is 5.82 Å². The van der Waals surface area contributed by atoms with Crippen LogP contribution >= 0.6 is 0 Å². The van der Waals surface area contributed by atoms with E-state index in [2.05, 4.69) is 28.6 Å². The van der Waals surface area contributed by atoms with Gasteiger partial charge in [0.15, 0.2) is 0 Å². The molecular formula is C18H30N4O2. The number of piperazine rings is 1. The van der Waals surface area contributed by atoms with Gasteiger partial charge in [0, 0.05) is 43.9 Å². The predicted octanol–water partition coefficient (Wildman–Crippen LogP) is 2.37. The average Bonchev–Trinajstić information content (AvgIpc) is 2.45. The molecule has 1 aliphatic heterocycles. The second-order valence-electron chi connectivity index (χ2n) is 7.73. The van der Waals surface area contributed by atoms with Crippen molar-refractivity contribution >= 4 is 11.8 Å². The van der Waals surface area contributed by atoms with Crippen LogP contribution in [0.5, 0.6) is 0 Å². The maximum absolute atomic E-state index is 11.9. The minimum absolute atomic E-state index is 0.157. The Morgan fingerprint density at radius 3 is 2.38 bits per heavy atom. The van der Waals surface area contributed by atoms with Crippen molar-refractivity contribution in [1.82, 2.24) is 14.9 Å². The van der Waals surface area contributed by atoms with Crippen molar-refractivity contribution in [3.05, 3.63) is 17.6 Å². The normalized spacial score (nSPS) is 16.5. The van der Waals surface area contributed by atoms with E-state index >= 15 is 0 Å². The summed E-state index contributed by atoms with van der Waals surface area (Å²) in [5, 5.41) is 0. The number of nitrogens with zero attached hydrogens (tertiary/aromatic N) is 4. The fourth-order valence-corrected chi connectivity index (χ4v) is 2.69. The molecule has 0 saturated carbocycles. The molecule has 0 N–H and O–H groups in total. The SMILES string of the molecule is Cc1cc(N2CCN(CC(=O)OC(C)(C)C)CC2)nc(C(C)C)n1. The summed E-state index contributed by atoms with van der Waals surface area (Å²) in [4.78, 5) is 25.6. The number of ether oxygens (including phenoxy) is 1. The fourth-order valence-electron chi connectivity index (χ4n) is 2.69. The number of anilines is 1. The maximum atomic E-state index is 11.9. The molecule has 0 amide bonds. The van der Waals surface area contributed by atoms with Gasteiger partial charge in [-0.05, 0) is 27.7 Å². The van der Waals surface area contributed by atoms with E-state index in [0.717, 1.165) is 43.5 Å². The molecule has 2 heterocycles. The highest BCUT2D eigenvalue weighted by Crippen LogP contribution is 2.18. The van der Waals surface area contributed by atoms with Gasteiger partial charge in [-0.15, -0.1) is 0 Å². The molecule has 0 bridgehead atoms. The van der Waals surface area contributed by atoms with Gasteiger partial charge in [0.2, 0.25) is 0 Å². The lowest BCUT2D eigenvalue weighted by atomic mass is 10.2. The summed E-state index contributed by atoms with van der Waals surface area (Å²) in [5.74, 6) is 2.04. The zero-order chi connectivity index (χ0) is 17.9. The van der Waals surface area contributed by atoms with Crippen molar-refractivity contribution in [3.63, 3.8) is 0 Å². The van der Waals surface area contributed by atoms with Crippen LogP contribution in [0.3, 0.4) is 0 Å². The molecule has 1 aromatic rings. The molecular weight excluding hydrogens is 304 g/mol. The van der Waals surface area contributed by atoms with Crippen LogP contribution in [0.2, 0.25) is 0 Å². The van der Waals surface area contributed by atoms with E-state index < -0.39 is 5.60 Å². The Morgan fingerprint density at radius 2 is 1.83 bits per heavy atom. The molecule has 1 saturated heterocycles. The lowest BCUT2D eigenvalue weighted by Crippen LogP contribution is -2.49. The number of aromatic nitrogens is 2. The van der Waals surface area contributed by atoms with Gasteiger partial charge < -0.3 is 9.64 Å². The quantitative estimate of drug-likeness (QED) is 0.788. The van der Waals surface area contributed by atoms with Crippen LogP contribution < -0.4 is 4.90 Å². The van der Waals surface area contributed by atoms with Gasteiger partial charge in [-0.25, -0.2) is 9.97 Å². The Labute approximate surface area is 145 Å². The van der Waals surface area contributed by atoms with Gasteiger partial charge in [0.05, 0.1) is 6.54 Å². The highest BCUT2D eigenvalue weighted by Gasteiger charge is 2.23. The van der Waals surface area contributed by atoms with E-state index in [1.54, 1.807) is 0 Å². The first kappa shape index (κ1) is 18.6. The Balaban J connectivity index is 1.92. The summed E-state index contributed by atoms with van der Waals surface area (Å²) in [5.41, 5.74) is 0.574. The molecule has 0 spiro atoms. The average molecular weight is 334 g/mol. The molecule has 134 valence electrons. The number of aryl methyl sites for hydroxylation is 1. The van der Waals surface area contributed by atoms with Crippen molar-refractivity contribution in [2.24, 2.45) is 0 Å². The summed E-state index contributed by atoms with van der Waals surface area (Å²) in [6.45, 7) is 15.6. The number of carbonyl (C=O) groups is 1. The van der Waals surface area contributed by atoms with Gasteiger partial charge in [0.25, 0.3) is 0 Å². The van der Waals surface area contributed by atoms with Crippen LogP contribution in [0, 0.1) is 6.92 Å². The van der Waals surface area contributed by atoms with Gasteiger partial charge in [-0.1, -0.05) is 13.8 Å². The first-order valence-electron chi connectivity index (χ1n) is 8.69. The van der Waals surface area contributed by atoms with E-state index in [9.17, 15) is 4.79 Å². The summed E-state index contributed by atoms with van der Waals surface area (Å²) < 4.78 is 5.39. The molecule has 1 aliphatic rings. The van der Waals surface area contributed by atoms with Gasteiger partial charge in [-0.3, -0.25) is 9.69 Å². The minimum Gasteiger partial charge on any atom is -0.459 e. The largest absolute Gasteiger partial charge is 0.459 e. The third kappa shape index (κ3) is 5.44. The van der Waals surface area contributed by atoms with Crippen LogP contribution in [0.1, 0.15) is 52.1 Å². The fraction of sp³-hybridized carbons (Fsp3) is 0.722. The third-order valence-electron chi connectivity index (χ3n) is 3.84. The minimum atomic E-state index is -0.426. The van der Waals surface area contributed by atoms with Crippen molar-refractivity contribution in [3.8, 4) is 0 Å². The second kappa shape index (κ2) is 7.47. The molecule has 6 heteroatoms. The van der Waals surface area contributed by atoms with E-state index in [-0.39, 0.29) is 5.97 Å². The zero-order valence-electron chi connectivity index (χ0n) is 15.8. The Kier molecular flexibility index (Phi) is 5.80. The monoisotopic (exact) mass is 334 g/mol. The van der Waals surface area contributed by atoms with E-state index in [1.807, 2.05) is 33.8 Å². The van der Waals surface area contributed by atoms with Crippen LogP contribution in [-0.2, 0) is 9.53 Å². The lowest BCUT2D eigenvalue weighted by molar-refractivity contribution is -0.156. The maximum Gasteiger partial charge on any atom is 0.320 e. The van der Waals surface area contributed by atoms with Crippen molar-refractivity contribution < 1.29 is 9.53 Å². The molecule has 1 fully saturated rings. The summed E-state index contributed by atoms with van der Waals surface area (Å²) >= 11 is 0. The number of hydrogen-bond acceptors (Lipinski definition) is 6. The smallest absolute Gasteiger partial charge is 0.320 e.